The smallest absolute Gasteiger partial charge is 0.233 e. The van der Waals surface area contributed by atoms with Gasteiger partial charge in [0, 0.05) is 6.04 Å². The van der Waals surface area contributed by atoms with Crippen LogP contribution in [0.15, 0.2) is 12.2 Å². The first-order chi connectivity index (χ1) is 9.74. The molecule has 1 spiro atoms. The Labute approximate surface area is 119 Å². The highest BCUT2D eigenvalue weighted by Crippen LogP contribution is 2.73. The molecule has 2 bridgehead atoms. The molecule has 3 saturated carbocycles. The van der Waals surface area contributed by atoms with Crippen LogP contribution >= 0.6 is 0 Å². The molecule has 3 heteroatoms. The van der Waals surface area contributed by atoms with Crippen LogP contribution < -0.4 is 0 Å². The summed E-state index contributed by atoms with van der Waals surface area (Å²) in [6.45, 7) is 0. The predicted molar refractivity (Wildman–Crippen MR) is 73.5 cm³/mol. The number of imide groups is 1. The van der Waals surface area contributed by atoms with Crippen LogP contribution in [0.3, 0.4) is 0 Å². The number of carbonyl (C=O) groups is 2. The van der Waals surface area contributed by atoms with E-state index in [1.807, 2.05) is 0 Å². The lowest BCUT2D eigenvalue weighted by atomic mass is 9.85. The molecule has 1 heterocycles. The Morgan fingerprint density at radius 1 is 0.900 bits per heavy atom. The van der Waals surface area contributed by atoms with E-state index in [0.717, 1.165) is 12.8 Å². The van der Waals surface area contributed by atoms with E-state index in [4.69, 9.17) is 0 Å². The molecule has 0 N–H and O–H groups in total. The molecule has 0 unspecified atom stereocenters. The van der Waals surface area contributed by atoms with Gasteiger partial charge in [-0.25, -0.2) is 0 Å². The second-order valence-electron chi connectivity index (χ2n) is 7.56. The molecule has 3 nitrogen and oxygen atoms in total. The maximum atomic E-state index is 12.9. The molecule has 0 radical (unpaired) electrons. The minimum absolute atomic E-state index is 0.00178. The van der Waals surface area contributed by atoms with E-state index < -0.39 is 0 Å². The number of amides is 2. The molecule has 106 valence electrons. The van der Waals surface area contributed by atoms with Crippen LogP contribution in [-0.4, -0.2) is 22.8 Å². The summed E-state index contributed by atoms with van der Waals surface area (Å²) >= 11 is 0. The zero-order chi connectivity index (χ0) is 13.5. The standard InChI is InChI=1S/C17H21NO2/c19-15-13-11-6-7-12(17(11)8-9-17)14(13)16(20)18(15)10-4-2-1-3-5-10/h6-7,10-14H,1-5,8-9H2/t11-,12-,13+,14+/m1/s1. The van der Waals surface area contributed by atoms with Crippen LogP contribution in [0.2, 0.25) is 0 Å². The Morgan fingerprint density at radius 3 is 1.95 bits per heavy atom. The predicted octanol–water partition coefficient (Wildman–Crippen LogP) is 2.52. The zero-order valence-corrected chi connectivity index (χ0v) is 11.8. The van der Waals surface area contributed by atoms with Crippen molar-refractivity contribution >= 4 is 11.8 Å². The second-order valence-corrected chi connectivity index (χ2v) is 7.56. The minimum Gasteiger partial charge on any atom is -0.279 e. The molecular formula is C17H21NO2. The van der Waals surface area contributed by atoms with Gasteiger partial charge in [-0.3, -0.25) is 14.5 Å². The molecule has 5 rings (SSSR count). The van der Waals surface area contributed by atoms with E-state index in [-0.39, 0.29) is 29.7 Å². The molecule has 0 aromatic carbocycles. The van der Waals surface area contributed by atoms with Crippen molar-refractivity contribution < 1.29 is 9.59 Å². The number of hydrogen-bond donors (Lipinski definition) is 0. The molecule has 1 saturated heterocycles. The van der Waals surface area contributed by atoms with Gasteiger partial charge in [-0.2, -0.15) is 0 Å². The molecule has 4 aliphatic carbocycles. The van der Waals surface area contributed by atoms with Crippen LogP contribution in [0.4, 0.5) is 0 Å². The van der Waals surface area contributed by atoms with Gasteiger partial charge < -0.3 is 0 Å². The topological polar surface area (TPSA) is 37.4 Å². The van der Waals surface area contributed by atoms with Crippen LogP contribution in [0.1, 0.15) is 44.9 Å². The third kappa shape index (κ3) is 1.15. The normalized spacial score (nSPS) is 44.7. The van der Waals surface area contributed by atoms with Gasteiger partial charge in [0.15, 0.2) is 0 Å². The van der Waals surface area contributed by atoms with Gasteiger partial charge in [0.1, 0.15) is 0 Å². The van der Waals surface area contributed by atoms with E-state index in [1.165, 1.54) is 32.1 Å². The Bertz CT molecular complexity index is 493. The van der Waals surface area contributed by atoms with Gasteiger partial charge in [0.2, 0.25) is 11.8 Å². The zero-order valence-electron chi connectivity index (χ0n) is 11.8. The van der Waals surface area contributed by atoms with Gasteiger partial charge in [-0.15, -0.1) is 0 Å². The minimum atomic E-state index is 0.00178. The number of carbonyl (C=O) groups excluding carboxylic acids is 2. The molecule has 5 aliphatic rings. The summed E-state index contributed by atoms with van der Waals surface area (Å²) in [5.74, 6) is 1.11. The second kappa shape index (κ2) is 3.55. The lowest BCUT2D eigenvalue weighted by molar-refractivity contribution is -0.144. The van der Waals surface area contributed by atoms with E-state index >= 15 is 0 Å². The summed E-state index contributed by atoms with van der Waals surface area (Å²) in [5, 5.41) is 0. The summed E-state index contributed by atoms with van der Waals surface area (Å²) in [4.78, 5) is 27.5. The Balaban J connectivity index is 1.50. The fourth-order valence-corrected chi connectivity index (χ4v) is 5.80. The third-order valence-electron chi connectivity index (χ3n) is 6.83. The van der Waals surface area contributed by atoms with Crippen molar-refractivity contribution in [2.45, 2.75) is 51.0 Å². The quantitative estimate of drug-likeness (QED) is 0.543. The van der Waals surface area contributed by atoms with Crippen LogP contribution in [-0.2, 0) is 9.59 Å². The van der Waals surface area contributed by atoms with Gasteiger partial charge in [0.25, 0.3) is 0 Å². The number of rotatable bonds is 1. The van der Waals surface area contributed by atoms with Crippen molar-refractivity contribution in [3.05, 3.63) is 12.2 Å². The van der Waals surface area contributed by atoms with E-state index in [0.29, 0.717) is 17.3 Å². The fraction of sp³-hybridized carbons (Fsp3) is 0.765. The number of fused-ring (bicyclic) bond motifs is 3. The van der Waals surface area contributed by atoms with Crippen molar-refractivity contribution in [3.8, 4) is 0 Å². The SMILES string of the molecule is O=C1[C@@H]2[C@@H](C(=O)N1C1CCCCC1)[C@H]1C=C[C@H]2C12CC2. The first-order valence-electron chi connectivity index (χ1n) is 8.29. The average molecular weight is 271 g/mol. The van der Waals surface area contributed by atoms with Crippen molar-refractivity contribution in [2.24, 2.45) is 29.1 Å². The van der Waals surface area contributed by atoms with E-state index in [9.17, 15) is 9.59 Å². The Kier molecular flexibility index (Phi) is 2.05. The van der Waals surface area contributed by atoms with Gasteiger partial charge >= 0.3 is 0 Å². The third-order valence-corrected chi connectivity index (χ3v) is 6.83. The van der Waals surface area contributed by atoms with Crippen molar-refractivity contribution in [2.75, 3.05) is 0 Å². The molecule has 0 aromatic heterocycles. The summed E-state index contributed by atoms with van der Waals surface area (Å²) < 4.78 is 0. The molecule has 0 aromatic rings. The Morgan fingerprint density at radius 2 is 1.45 bits per heavy atom. The molecular weight excluding hydrogens is 250 g/mol. The highest BCUT2D eigenvalue weighted by molar-refractivity contribution is 6.07. The molecule has 4 atom stereocenters. The van der Waals surface area contributed by atoms with Crippen LogP contribution in [0.25, 0.3) is 0 Å². The molecule has 20 heavy (non-hydrogen) atoms. The largest absolute Gasteiger partial charge is 0.279 e. The van der Waals surface area contributed by atoms with Crippen LogP contribution in [0.5, 0.6) is 0 Å². The average Bonchev–Trinajstić information content (AvgIpc) is 3.06. The Hall–Kier alpha value is -1.12. The van der Waals surface area contributed by atoms with Crippen molar-refractivity contribution in [1.82, 2.24) is 4.90 Å². The fourth-order valence-electron chi connectivity index (χ4n) is 5.80. The lowest BCUT2D eigenvalue weighted by Crippen LogP contribution is -2.43. The highest BCUT2D eigenvalue weighted by atomic mass is 16.2. The summed E-state index contributed by atoms with van der Waals surface area (Å²) in [6.07, 6.45) is 12.6. The first kappa shape index (κ1) is 11.5. The maximum absolute atomic E-state index is 12.9. The number of hydrogen-bond acceptors (Lipinski definition) is 2. The number of allylic oxidation sites excluding steroid dienone is 2. The summed E-state index contributed by atoms with van der Waals surface area (Å²) in [6, 6.07) is 0.212. The molecule has 2 amide bonds. The number of nitrogens with zero attached hydrogens (tertiary/aromatic N) is 1. The maximum Gasteiger partial charge on any atom is 0.233 e. The van der Waals surface area contributed by atoms with Crippen LogP contribution in [0, 0.1) is 29.1 Å². The van der Waals surface area contributed by atoms with Crippen molar-refractivity contribution in [3.63, 3.8) is 0 Å². The van der Waals surface area contributed by atoms with Gasteiger partial charge in [-0.05, 0) is 42.9 Å². The summed E-state index contributed by atoms with van der Waals surface area (Å²) in [7, 11) is 0. The van der Waals surface area contributed by atoms with E-state index in [1.54, 1.807) is 4.90 Å². The van der Waals surface area contributed by atoms with Crippen molar-refractivity contribution in [1.29, 1.82) is 0 Å². The molecule has 4 fully saturated rings. The van der Waals surface area contributed by atoms with Gasteiger partial charge in [0.05, 0.1) is 11.8 Å². The van der Waals surface area contributed by atoms with Gasteiger partial charge in [-0.1, -0.05) is 31.4 Å². The molecule has 1 aliphatic heterocycles. The first-order valence-corrected chi connectivity index (χ1v) is 8.29. The number of likely N-dealkylation sites (tertiary alicyclic amines) is 1. The lowest BCUT2D eigenvalue weighted by Gasteiger charge is -2.31. The summed E-state index contributed by atoms with van der Waals surface area (Å²) in [5.41, 5.74) is 0.333. The highest BCUT2D eigenvalue weighted by Gasteiger charge is 2.73. The monoisotopic (exact) mass is 271 g/mol. The van der Waals surface area contributed by atoms with E-state index in [2.05, 4.69) is 12.2 Å².